The van der Waals surface area contributed by atoms with Crippen LogP contribution in [0.5, 0.6) is 6.01 Å². The molecular formula is C17H21ClN4O. The van der Waals surface area contributed by atoms with Crippen LogP contribution in [-0.4, -0.2) is 36.1 Å². The van der Waals surface area contributed by atoms with E-state index in [0.29, 0.717) is 11.0 Å². The van der Waals surface area contributed by atoms with E-state index in [1.54, 1.807) is 0 Å². The van der Waals surface area contributed by atoms with E-state index in [2.05, 4.69) is 20.2 Å². The molecule has 0 amide bonds. The quantitative estimate of drug-likeness (QED) is 0.932. The molecule has 0 bridgehead atoms. The maximum absolute atomic E-state index is 6.23. The molecule has 2 heterocycles. The molecule has 1 aromatic heterocycles. The molecule has 3 rings (SSSR count). The van der Waals surface area contributed by atoms with Crippen LogP contribution >= 0.6 is 11.6 Å². The smallest absolute Gasteiger partial charge is 0.319 e. The number of hydrogen-bond donors (Lipinski definition) is 1. The number of hydrogen-bond acceptors (Lipinski definition) is 5. The second kappa shape index (κ2) is 7.15. The molecule has 23 heavy (non-hydrogen) atoms. The number of benzene rings is 1. The Labute approximate surface area is 141 Å². The maximum atomic E-state index is 6.23. The molecule has 1 fully saturated rings. The summed E-state index contributed by atoms with van der Waals surface area (Å²) in [5, 5.41) is 4.03. The fourth-order valence-corrected chi connectivity index (χ4v) is 2.95. The van der Waals surface area contributed by atoms with E-state index >= 15 is 0 Å². The summed E-state index contributed by atoms with van der Waals surface area (Å²) >= 11 is 6.23. The first kappa shape index (κ1) is 16.0. The van der Waals surface area contributed by atoms with Gasteiger partial charge in [-0.05, 0) is 19.9 Å². The van der Waals surface area contributed by atoms with Gasteiger partial charge < -0.3 is 15.0 Å². The van der Waals surface area contributed by atoms with Crippen molar-refractivity contribution in [3.05, 3.63) is 46.6 Å². The molecule has 5 nitrogen and oxygen atoms in total. The monoisotopic (exact) mass is 332 g/mol. The Kier molecular flexibility index (Phi) is 4.98. The van der Waals surface area contributed by atoms with E-state index in [1.165, 1.54) is 0 Å². The Bertz CT molecular complexity index is 673. The fraction of sp³-hybridized carbons (Fsp3) is 0.412. The molecule has 1 saturated heterocycles. The van der Waals surface area contributed by atoms with Crippen LogP contribution in [0.4, 0.5) is 5.82 Å². The highest BCUT2D eigenvalue weighted by Crippen LogP contribution is 2.26. The summed E-state index contributed by atoms with van der Waals surface area (Å²) in [6.07, 6.45) is -0.207. The summed E-state index contributed by atoms with van der Waals surface area (Å²) in [7, 11) is 0. The average molecular weight is 333 g/mol. The molecule has 0 radical (unpaired) electrons. The normalized spacial score (nSPS) is 16.2. The molecule has 0 aliphatic carbocycles. The number of nitrogens with zero attached hydrogens (tertiary/aromatic N) is 3. The summed E-state index contributed by atoms with van der Waals surface area (Å²) in [5.41, 5.74) is 1.83. The van der Waals surface area contributed by atoms with Gasteiger partial charge in [-0.1, -0.05) is 29.8 Å². The number of halogens is 1. The summed E-state index contributed by atoms with van der Waals surface area (Å²) in [6, 6.07) is 10.1. The van der Waals surface area contributed by atoms with Gasteiger partial charge in [0.2, 0.25) is 0 Å². The molecule has 1 atom stereocenters. The lowest BCUT2D eigenvalue weighted by molar-refractivity contribution is 0.207. The second-order valence-electron chi connectivity index (χ2n) is 5.67. The van der Waals surface area contributed by atoms with Gasteiger partial charge in [0.05, 0.1) is 0 Å². The molecule has 1 unspecified atom stereocenters. The highest BCUT2D eigenvalue weighted by atomic mass is 35.5. The number of ether oxygens (including phenoxy) is 1. The van der Waals surface area contributed by atoms with E-state index in [4.69, 9.17) is 16.3 Å². The van der Waals surface area contributed by atoms with E-state index in [1.807, 2.05) is 44.2 Å². The third kappa shape index (κ3) is 3.92. The van der Waals surface area contributed by atoms with Crippen LogP contribution in [0.3, 0.4) is 0 Å². The molecular weight excluding hydrogens is 312 g/mol. The van der Waals surface area contributed by atoms with Crippen molar-refractivity contribution in [1.29, 1.82) is 0 Å². The third-order valence-electron chi connectivity index (χ3n) is 3.89. The molecule has 1 aliphatic rings. The first-order valence-corrected chi connectivity index (χ1v) is 8.24. The van der Waals surface area contributed by atoms with Crippen LogP contribution < -0.4 is 15.0 Å². The van der Waals surface area contributed by atoms with E-state index in [0.717, 1.165) is 43.3 Å². The van der Waals surface area contributed by atoms with Gasteiger partial charge >= 0.3 is 6.01 Å². The number of rotatable bonds is 4. The highest BCUT2D eigenvalue weighted by Gasteiger charge is 2.16. The Morgan fingerprint density at radius 3 is 2.70 bits per heavy atom. The lowest BCUT2D eigenvalue weighted by Crippen LogP contribution is -2.44. The van der Waals surface area contributed by atoms with Gasteiger partial charge in [-0.15, -0.1) is 0 Å². The van der Waals surface area contributed by atoms with E-state index < -0.39 is 0 Å². The van der Waals surface area contributed by atoms with Crippen molar-refractivity contribution in [2.45, 2.75) is 20.0 Å². The van der Waals surface area contributed by atoms with E-state index in [9.17, 15) is 0 Å². The van der Waals surface area contributed by atoms with Crippen molar-refractivity contribution in [1.82, 2.24) is 15.3 Å². The van der Waals surface area contributed by atoms with E-state index in [-0.39, 0.29) is 6.10 Å². The van der Waals surface area contributed by atoms with Crippen LogP contribution in [0, 0.1) is 6.92 Å². The Balaban J connectivity index is 1.80. The largest absolute Gasteiger partial charge is 0.455 e. The Hall–Kier alpha value is -1.85. The third-order valence-corrected chi connectivity index (χ3v) is 4.23. The predicted molar refractivity (Wildman–Crippen MR) is 92.3 cm³/mol. The zero-order valence-corrected chi connectivity index (χ0v) is 14.2. The maximum Gasteiger partial charge on any atom is 0.319 e. The van der Waals surface area contributed by atoms with Crippen molar-refractivity contribution in [3.8, 4) is 6.01 Å². The molecule has 122 valence electrons. The number of aryl methyl sites for hydroxylation is 1. The van der Waals surface area contributed by atoms with Gasteiger partial charge in [0.15, 0.2) is 0 Å². The molecule has 1 aromatic carbocycles. The highest BCUT2D eigenvalue weighted by molar-refractivity contribution is 6.31. The van der Waals surface area contributed by atoms with Crippen LogP contribution in [0.1, 0.15) is 24.3 Å². The van der Waals surface area contributed by atoms with Crippen molar-refractivity contribution >= 4 is 17.4 Å². The van der Waals surface area contributed by atoms with Crippen LogP contribution in [-0.2, 0) is 0 Å². The molecule has 2 aromatic rings. The molecule has 1 N–H and O–H groups in total. The Morgan fingerprint density at radius 2 is 1.96 bits per heavy atom. The van der Waals surface area contributed by atoms with Crippen molar-refractivity contribution in [2.24, 2.45) is 0 Å². The molecule has 0 spiro atoms. The standard InChI is InChI=1S/C17H21ClN4O/c1-12-11-16(22-9-7-19-8-10-22)21-17(20-12)23-13(2)14-5-3-4-6-15(14)18/h3-6,11,13,19H,7-10H2,1-2H3. The minimum atomic E-state index is -0.207. The van der Waals surface area contributed by atoms with Crippen molar-refractivity contribution < 1.29 is 4.74 Å². The lowest BCUT2D eigenvalue weighted by Gasteiger charge is -2.28. The number of aromatic nitrogens is 2. The average Bonchev–Trinajstić information content (AvgIpc) is 2.55. The van der Waals surface area contributed by atoms with Gasteiger partial charge in [-0.25, -0.2) is 4.98 Å². The van der Waals surface area contributed by atoms with Gasteiger partial charge in [0.1, 0.15) is 11.9 Å². The topological polar surface area (TPSA) is 50.3 Å². The van der Waals surface area contributed by atoms with Crippen molar-refractivity contribution in [3.63, 3.8) is 0 Å². The SMILES string of the molecule is Cc1cc(N2CCNCC2)nc(OC(C)c2ccccc2Cl)n1. The zero-order valence-electron chi connectivity index (χ0n) is 13.4. The van der Waals surface area contributed by atoms with Gasteiger partial charge in [0, 0.05) is 48.5 Å². The fourth-order valence-electron chi connectivity index (χ4n) is 2.66. The first-order valence-electron chi connectivity index (χ1n) is 7.86. The molecule has 0 saturated carbocycles. The summed E-state index contributed by atoms with van der Waals surface area (Å²) < 4.78 is 5.94. The summed E-state index contributed by atoms with van der Waals surface area (Å²) in [4.78, 5) is 11.2. The predicted octanol–water partition coefficient (Wildman–Crippen LogP) is 2.99. The first-order chi connectivity index (χ1) is 11.1. The summed E-state index contributed by atoms with van der Waals surface area (Å²) in [5.74, 6) is 0.917. The lowest BCUT2D eigenvalue weighted by atomic mass is 10.1. The van der Waals surface area contributed by atoms with Crippen LogP contribution in [0.15, 0.2) is 30.3 Å². The number of nitrogens with one attached hydrogen (secondary N) is 1. The number of anilines is 1. The minimum absolute atomic E-state index is 0.207. The van der Waals surface area contributed by atoms with Gasteiger partial charge in [-0.3, -0.25) is 0 Å². The zero-order chi connectivity index (χ0) is 16.2. The van der Waals surface area contributed by atoms with Gasteiger partial charge in [0.25, 0.3) is 0 Å². The molecule has 1 aliphatic heterocycles. The second-order valence-corrected chi connectivity index (χ2v) is 6.08. The van der Waals surface area contributed by atoms with Gasteiger partial charge in [-0.2, -0.15) is 4.98 Å². The Morgan fingerprint density at radius 1 is 1.22 bits per heavy atom. The molecule has 6 heteroatoms. The minimum Gasteiger partial charge on any atom is -0.455 e. The van der Waals surface area contributed by atoms with Crippen LogP contribution in [0.2, 0.25) is 5.02 Å². The summed E-state index contributed by atoms with van der Waals surface area (Å²) in [6.45, 7) is 7.73. The van der Waals surface area contributed by atoms with Crippen LogP contribution in [0.25, 0.3) is 0 Å². The number of piperazine rings is 1. The van der Waals surface area contributed by atoms with Crippen molar-refractivity contribution in [2.75, 3.05) is 31.1 Å².